The van der Waals surface area contributed by atoms with Gasteiger partial charge in [-0.15, -0.1) is 0 Å². The van der Waals surface area contributed by atoms with Crippen molar-refractivity contribution in [2.24, 2.45) is 5.41 Å². The van der Waals surface area contributed by atoms with Crippen LogP contribution in [0.3, 0.4) is 0 Å². The van der Waals surface area contributed by atoms with E-state index in [4.69, 9.17) is 5.21 Å². The second-order valence-electron chi connectivity index (χ2n) is 2.94. The van der Waals surface area contributed by atoms with Crippen LogP contribution in [0.2, 0.25) is 0 Å². The van der Waals surface area contributed by atoms with Crippen LogP contribution < -0.4 is 0 Å². The van der Waals surface area contributed by atoms with Crippen molar-refractivity contribution in [3.8, 4) is 0 Å². The van der Waals surface area contributed by atoms with Crippen molar-refractivity contribution < 1.29 is 14.8 Å². The van der Waals surface area contributed by atoms with E-state index in [1.165, 1.54) is 20.9 Å². The van der Waals surface area contributed by atoms with Crippen LogP contribution in [-0.4, -0.2) is 34.4 Å². The number of amides is 1. The molecule has 0 aromatic carbocycles. The van der Waals surface area contributed by atoms with Gasteiger partial charge in [-0.2, -0.15) is 0 Å². The van der Waals surface area contributed by atoms with Crippen LogP contribution in [0.4, 0.5) is 0 Å². The summed E-state index contributed by atoms with van der Waals surface area (Å²) < 4.78 is 0. The fourth-order valence-electron chi connectivity index (χ4n) is 0.657. The molecule has 0 unspecified atom stereocenters. The SMILES string of the molecule is CN(O)C(=O)C(C)(C)C(=O)C=S. The number of carbonyl (C=O) groups excluding carboxylic acids is 2. The Morgan fingerprint density at radius 1 is 1.50 bits per heavy atom. The molecule has 0 heterocycles. The van der Waals surface area contributed by atoms with E-state index < -0.39 is 17.1 Å². The number of ketones is 1. The Bertz CT molecular complexity index is 223. The summed E-state index contributed by atoms with van der Waals surface area (Å²) in [6.45, 7) is 2.82. The number of hydrogen-bond donors (Lipinski definition) is 1. The molecule has 0 saturated heterocycles. The molecule has 0 spiro atoms. The summed E-state index contributed by atoms with van der Waals surface area (Å²) >= 11 is 4.40. The van der Waals surface area contributed by atoms with E-state index in [1.807, 2.05) is 0 Å². The zero-order valence-electron chi connectivity index (χ0n) is 7.20. The smallest absolute Gasteiger partial charge is 0.259 e. The van der Waals surface area contributed by atoms with Crippen LogP contribution in [0, 0.1) is 5.41 Å². The fourth-order valence-corrected chi connectivity index (χ4v) is 0.952. The summed E-state index contributed by atoms with van der Waals surface area (Å²) in [4.78, 5) is 22.2. The molecular formula is C7H11NO3S. The van der Waals surface area contributed by atoms with Gasteiger partial charge in [0.05, 0.1) is 0 Å². The fraction of sp³-hybridized carbons (Fsp3) is 0.571. The quantitative estimate of drug-likeness (QED) is 0.303. The lowest BCUT2D eigenvalue weighted by Crippen LogP contribution is -2.42. The maximum absolute atomic E-state index is 11.2. The lowest BCUT2D eigenvalue weighted by atomic mass is 9.88. The van der Waals surface area contributed by atoms with Gasteiger partial charge >= 0.3 is 0 Å². The molecule has 68 valence electrons. The number of rotatable bonds is 3. The maximum atomic E-state index is 11.2. The Labute approximate surface area is 76.1 Å². The van der Waals surface area contributed by atoms with Crippen molar-refractivity contribution in [3.05, 3.63) is 0 Å². The highest BCUT2D eigenvalue weighted by atomic mass is 32.1. The molecule has 0 bridgehead atoms. The first-order valence-corrected chi connectivity index (χ1v) is 3.77. The molecule has 0 rings (SSSR count). The first-order chi connectivity index (χ1) is 5.34. The highest BCUT2D eigenvalue weighted by Crippen LogP contribution is 2.17. The summed E-state index contributed by atoms with van der Waals surface area (Å²) in [5, 5.41) is 10.1. The van der Waals surface area contributed by atoms with Crippen LogP contribution in [0.15, 0.2) is 0 Å². The largest absolute Gasteiger partial charge is 0.293 e. The van der Waals surface area contributed by atoms with Gasteiger partial charge in [-0.1, -0.05) is 12.2 Å². The normalized spacial score (nSPS) is 10.7. The highest BCUT2D eigenvalue weighted by molar-refractivity contribution is 7.80. The van der Waals surface area contributed by atoms with Crippen molar-refractivity contribution in [2.45, 2.75) is 13.8 Å². The van der Waals surface area contributed by atoms with E-state index in [0.717, 1.165) is 5.37 Å². The molecule has 1 amide bonds. The van der Waals surface area contributed by atoms with Gasteiger partial charge in [0, 0.05) is 12.4 Å². The molecule has 0 saturated carbocycles. The van der Waals surface area contributed by atoms with Crippen molar-refractivity contribution in [1.82, 2.24) is 5.06 Å². The standard InChI is InChI=1S/C7H11NO3S/c1-7(2,5(9)4-12)6(10)8(3)11/h4,11H,1-3H3. The molecule has 0 aliphatic rings. The third-order valence-corrected chi connectivity index (χ3v) is 1.77. The Hall–Kier alpha value is -0.810. The minimum atomic E-state index is -1.27. The van der Waals surface area contributed by atoms with Gasteiger partial charge in [-0.25, -0.2) is 5.06 Å². The van der Waals surface area contributed by atoms with Crippen LogP contribution in [-0.2, 0) is 9.59 Å². The van der Waals surface area contributed by atoms with Crippen LogP contribution in [0.25, 0.3) is 0 Å². The van der Waals surface area contributed by atoms with Gasteiger partial charge in [0.2, 0.25) is 0 Å². The Morgan fingerprint density at radius 3 is 2.17 bits per heavy atom. The predicted molar refractivity (Wildman–Crippen MR) is 47.0 cm³/mol. The van der Waals surface area contributed by atoms with Crippen LogP contribution in [0.5, 0.6) is 0 Å². The summed E-state index contributed by atoms with van der Waals surface area (Å²) in [5.41, 5.74) is -1.27. The van der Waals surface area contributed by atoms with Gasteiger partial charge in [0.1, 0.15) is 5.41 Å². The summed E-state index contributed by atoms with van der Waals surface area (Å²) in [6, 6.07) is 0. The zero-order chi connectivity index (χ0) is 9.94. The van der Waals surface area contributed by atoms with E-state index in [9.17, 15) is 9.59 Å². The van der Waals surface area contributed by atoms with Crippen molar-refractivity contribution >= 4 is 29.3 Å². The highest BCUT2D eigenvalue weighted by Gasteiger charge is 2.36. The van der Waals surface area contributed by atoms with Crippen molar-refractivity contribution in [3.63, 3.8) is 0 Å². The number of Topliss-reactive ketones (excluding diaryl/α,β-unsaturated/α-hetero) is 1. The molecule has 0 radical (unpaired) electrons. The molecule has 0 aliphatic carbocycles. The van der Waals surface area contributed by atoms with Crippen LogP contribution >= 0.6 is 12.2 Å². The third kappa shape index (κ3) is 2.09. The van der Waals surface area contributed by atoms with Gasteiger partial charge in [-0.05, 0) is 13.8 Å². The Morgan fingerprint density at radius 2 is 1.92 bits per heavy atom. The summed E-state index contributed by atoms with van der Waals surface area (Å²) in [6.07, 6.45) is 0. The van der Waals surface area contributed by atoms with E-state index in [2.05, 4.69) is 12.2 Å². The van der Waals surface area contributed by atoms with Crippen molar-refractivity contribution in [1.29, 1.82) is 0 Å². The minimum absolute atomic E-state index is 0.386. The molecule has 0 aliphatic heterocycles. The molecule has 0 aromatic heterocycles. The number of hydrogen-bond acceptors (Lipinski definition) is 4. The van der Waals surface area contributed by atoms with Gasteiger partial charge < -0.3 is 0 Å². The second kappa shape index (κ2) is 3.73. The topological polar surface area (TPSA) is 57.6 Å². The van der Waals surface area contributed by atoms with E-state index in [0.29, 0.717) is 5.06 Å². The predicted octanol–water partition coefficient (Wildman–Crippen LogP) is 0.429. The molecule has 5 heteroatoms. The van der Waals surface area contributed by atoms with Gasteiger partial charge in [-0.3, -0.25) is 14.8 Å². The lowest BCUT2D eigenvalue weighted by Gasteiger charge is -2.22. The monoisotopic (exact) mass is 189 g/mol. The molecule has 0 atom stereocenters. The minimum Gasteiger partial charge on any atom is -0.293 e. The number of nitrogens with zero attached hydrogens (tertiary/aromatic N) is 1. The lowest BCUT2D eigenvalue weighted by molar-refractivity contribution is -0.170. The molecular weight excluding hydrogens is 178 g/mol. The molecule has 4 nitrogen and oxygen atoms in total. The molecule has 1 N–H and O–H groups in total. The van der Waals surface area contributed by atoms with Crippen molar-refractivity contribution in [2.75, 3.05) is 7.05 Å². The first-order valence-electron chi connectivity index (χ1n) is 3.30. The molecule has 12 heavy (non-hydrogen) atoms. The van der Waals surface area contributed by atoms with Crippen LogP contribution in [0.1, 0.15) is 13.8 Å². The molecule has 0 fully saturated rings. The summed E-state index contributed by atoms with van der Waals surface area (Å²) in [7, 11) is 1.17. The number of thiocarbonyl (C=S) groups is 1. The number of hydroxylamine groups is 2. The zero-order valence-corrected chi connectivity index (χ0v) is 8.01. The maximum Gasteiger partial charge on any atom is 0.259 e. The Balaban J connectivity index is 4.72. The number of carbonyl (C=O) groups is 2. The van der Waals surface area contributed by atoms with Gasteiger partial charge in [0.25, 0.3) is 5.91 Å². The average Bonchev–Trinajstić information content (AvgIpc) is 2.01. The third-order valence-electron chi connectivity index (χ3n) is 1.55. The first kappa shape index (κ1) is 11.2. The average molecular weight is 189 g/mol. The summed E-state index contributed by atoms with van der Waals surface area (Å²) in [5.74, 6) is -1.16. The van der Waals surface area contributed by atoms with Gasteiger partial charge in [0.15, 0.2) is 5.78 Å². The van der Waals surface area contributed by atoms with E-state index in [1.54, 1.807) is 0 Å². The van der Waals surface area contributed by atoms with E-state index in [-0.39, 0.29) is 0 Å². The Kier molecular flexibility index (Phi) is 3.48. The second-order valence-corrected chi connectivity index (χ2v) is 3.17. The molecule has 0 aromatic rings. The van der Waals surface area contributed by atoms with E-state index >= 15 is 0 Å².